The molecule has 0 amide bonds. The minimum atomic E-state index is -0.185. The molecule has 1 N–H and O–H groups in total. The van der Waals surface area contributed by atoms with E-state index in [4.69, 9.17) is 5.26 Å². The largest absolute Gasteiger partial charge is 0.298 e. The van der Waals surface area contributed by atoms with Crippen LogP contribution in [0, 0.1) is 35.0 Å². The van der Waals surface area contributed by atoms with E-state index in [1.54, 1.807) is 6.07 Å². The number of hydrogen-bond acceptors (Lipinski definition) is 3. The molecule has 0 unspecified atom stereocenters. The van der Waals surface area contributed by atoms with Gasteiger partial charge >= 0.3 is 0 Å². The topological polar surface area (TPSA) is 69.5 Å². The molecule has 19 heavy (non-hydrogen) atoms. The highest BCUT2D eigenvalue weighted by molar-refractivity contribution is 5.20. The standard InChI is InChI=1S/C15H17N3O/c16-7-13-17-12(6-14(19)18-13)15-10-2-8-1-9(4-10)5-11(15)3-8/h6,8-11,15H,1-5H2,(H,17,18,19). The van der Waals surface area contributed by atoms with Crippen LogP contribution in [-0.4, -0.2) is 9.97 Å². The lowest BCUT2D eigenvalue weighted by Crippen LogP contribution is -2.44. The molecule has 1 heterocycles. The zero-order valence-electron chi connectivity index (χ0n) is 10.8. The van der Waals surface area contributed by atoms with E-state index < -0.39 is 0 Å². The van der Waals surface area contributed by atoms with Crippen molar-refractivity contribution >= 4 is 0 Å². The fraction of sp³-hybridized carbons (Fsp3) is 0.667. The van der Waals surface area contributed by atoms with Crippen molar-refractivity contribution in [1.82, 2.24) is 9.97 Å². The summed E-state index contributed by atoms with van der Waals surface area (Å²) in [6.07, 6.45) is 6.62. The molecule has 4 aliphatic carbocycles. The molecule has 5 rings (SSSR count). The van der Waals surface area contributed by atoms with Crippen LogP contribution in [0.2, 0.25) is 0 Å². The van der Waals surface area contributed by atoms with Gasteiger partial charge in [-0.1, -0.05) is 0 Å². The molecule has 1 aromatic heterocycles. The Labute approximate surface area is 111 Å². The maximum Gasteiger partial charge on any atom is 0.251 e. The Morgan fingerprint density at radius 3 is 2.37 bits per heavy atom. The molecule has 0 aromatic carbocycles. The number of nitrogens with zero attached hydrogens (tertiary/aromatic N) is 2. The molecular formula is C15H17N3O. The average Bonchev–Trinajstić information content (AvgIpc) is 2.36. The van der Waals surface area contributed by atoms with Crippen LogP contribution < -0.4 is 5.56 Å². The average molecular weight is 255 g/mol. The van der Waals surface area contributed by atoms with Crippen molar-refractivity contribution in [3.63, 3.8) is 0 Å². The van der Waals surface area contributed by atoms with Gasteiger partial charge in [-0.05, 0) is 55.8 Å². The van der Waals surface area contributed by atoms with Gasteiger partial charge in [0.15, 0.2) is 0 Å². The van der Waals surface area contributed by atoms with Crippen LogP contribution in [0.4, 0.5) is 0 Å². The highest BCUT2D eigenvalue weighted by Gasteiger charge is 2.49. The third kappa shape index (κ3) is 1.72. The summed E-state index contributed by atoms with van der Waals surface area (Å²) < 4.78 is 0. The van der Waals surface area contributed by atoms with Crippen LogP contribution in [0.25, 0.3) is 0 Å². The first-order valence-electron chi connectivity index (χ1n) is 7.24. The number of rotatable bonds is 1. The van der Waals surface area contributed by atoms with Gasteiger partial charge in [0.1, 0.15) is 6.07 Å². The van der Waals surface area contributed by atoms with Crippen molar-refractivity contribution in [2.24, 2.45) is 23.7 Å². The van der Waals surface area contributed by atoms with E-state index in [1.165, 1.54) is 32.1 Å². The predicted octanol–water partition coefficient (Wildman–Crippen LogP) is 2.18. The van der Waals surface area contributed by atoms with Gasteiger partial charge in [-0.2, -0.15) is 5.26 Å². The van der Waals surface area contributed by atoms with Crippen molar-refractivity contribution in [3.8, 4) is 6.07 Å². The lowest BCUT2D eigenvalue weighted by Gasteiger charge is -2.54. The third-order valence-corrected chi connectivity index (χ3v) is 5.44. The zero-order chi connectivity index (χ0) is 13.0. The van der Waals surface area contributed by atoms with Crippen molar-refractivity contribution in [2.75, 3.05) is 0 Å². The van der Waals surface area contributed by atoms with Crippen LogP contribution in [0.15, 0.2) is 10.9 Å². The second kappa shape index (κ2) is 3.93. The molecule has 4 aliphatic rings. The van der Waals surface area contributed by atoms with Crippen molar-refractivity contribution in [3.05, 3.63) is 27.9 Å². The number of nitrogens with one attached hydrogen (secondary N) is 1. The Morgan fingerprint density at radius 2 is 1.79 bits per heavy atom. The van der Waals surface area contributed by atoms with Gasteiger partial charge in [-0.15, -0.1) is 0 Å². The van der Waals surface area contributed by atoms with Gasteiger partial charge in [-0.3, -0.25) is 9.78 Å². The molecule has 0 spiro atoms. The Bertz CT molecular complexity index is 585. The lowest BCUT2D eigenvalue weighted by atomic mass is 9.51. The second-order valence-electron chi connectivity index (χ2n) is 6.59. The van der Waals surface area contributed by atoms with Crippen LogP contribution in [0.3, 0.4) is 0 Å². The summed E-state index contributed by atoms with van der Waals surface area (Å²) in [5.74, 6) is 3.79. The minimum Gasteiger partial charge on any atom is -0.298 e. The van der Waals surface area contributed by atoms with Crippen molar-refractivity contribution in [2.45, 2.75) is 38.0 Å². The summed E-state index contributed by atoms with van der Waals surface area (Å²) in [5.41, 5.74) is 0.685. The Morgan fingerprint density at radius 1 is 1.16 bits per heavy atom. The number of H-pyrrole nitrogens is 1. The van der Waals surface area contributed by atoms with E-state index in [9.17, 15) is 4.79 Å². The Hall–Kier alpha value is -1.63. The maximum atomic E-state index is 11.7. The van der Waals surface area contributed by atoms with Gasteiger partial charge in [0.2, 0.25) is 5.82 Å². The molecule has 0 saturated heterocycles. The van der Waals surface area contributed by atoms with Crippen molar-refractivity contribution in [1.29, 1.82) is 5.26 Å². The van der Waals surface area contributed by atoms with E-state index in [1.807, 2.05) is 6.07 Å². The van der Waals surface area contributed by atoms with E-state index in [2.05, 4.69) is 9.97 Å². The molecule has 4 heteroatoms. The number of hydrogen-bond donors (Lipinski definition) is 1. The molecule has 4 fully saturated rings. The summed E-state index contributed by atoms with van der Waals surface area (Å²) in [6, 6.07) is 3.58. The van der Waals surface area contributed by atoms with E-state index >= 15 is 0 Å². The molecule has 0 aliphatic heterocycles. The summed E-state index contributed by atoms with van der Waals surface area (Å²) >= 11 is 0. The van der Waals surface area contributed by atoms with Crippen LogP contribution in [-0.2, 0) is 0 Å². The minimum absolute atomic E-state index is 0.163. The number of nitriles is 1. The van der Waals surface area contributed by atoms with Gasteiger partial charge in [0, 0.05) is 12.0 Å². The quantitative estimate of drug-likeness (QED) is 0.836. The first-order valence-corrected chi connectivity index (χ1v) is 7.24. The van der Waals surface area contributed by atoms with E-state index in [-0.39, 0.29) is 11.4 Å². The first-order chi connectivity index (χ1) is 9.22. The van der Waals surface area contributed by atoms with E-state index in [0.29, 0.717) is 17.8 Å². The molecule has 0 radical (unpaired) electrons. The highest BCUT2D eigenvalue weighted by Crippen LogP contribution is 2.59. The fourth-order valence-corrected chi connectivity index (χ4v) is 5.11. The molecular weight excluding hydrogens is 238 g/mol. The molecule has 4 bridgehead atoms. The zero-order valence-corrected chi connectivity index (χ0v) is 10.8. The Balaban J connectivity index is 1.75. The highest BCUT2D eigenvalue weighted by atomic mass is 16.1. The maximum absolute atomic E-state index is 11.7. The van der Waals surface area contributed by atoms with Gasteiger partial charge in [-0.25, -0.2) is 4.98 Å². The van der Waals surface area contributed by atoms with Gasteiger partial charge < -0.3 is 0 Å². The monoisotopic (exact) mass is 255 g/mol. The second-order valence-corrected chi connectivity index (χ2v) is 6.59. The van der Waals surface area contributed by atoms with Gasteiger partial charge in [0.25, 0.3) is 5.56 Å². The number of aromatic amines is 1. The normalized spacial score (nSPS) is 39.2. The van der Waals surface area contributed by atoms with E-state index in [0.717, 1.165) is 17.5 Å². The molecule has 1 aromatic rings. The van der Waals surface area contributed by atoms with Crippen LogP contribution in [0.1, 0.15) is 49.5 Å². The lowest BCUT2D eigenvalue weighted by molar-refractivity contribution is -0.00424. The van der Waals surface area contributed by atoms with Gasteiger partial charge in [0.05, 0.1) is 5.69 Å². The number of aromatic nitrogens is 2. The SMILES string of the molecule is N#Cc1nc(C2C3CC4CC(C3)CC2C4)cc(=O)[nH]1. The molecule has 4 nitrogen and oxygen atoms in total. The first kappa shape index (κ1) is 11.2. The molecule has 98 valence electrons. The summed E-state index contributed by atoms with van der Waals surface area (Å²) in [7, 11) is 0. The smallest absolute Gasteiger partial charge is 0.251 e. The Kier molecular flexibility index (Phi) is 2.32. The third-order valence-electron chi connectivity index (χ3n) is 5.44. The van der Waals surface area contributed by atoms with Crippen molar-refractivity contribution < 1.29 is 0 Å². The van der Waals surface area contributed by atoms with Crippen LogP contribution >= 0.6 is 0 Å². The summed E-state index contributed by atoms with van der Waals surface area (Å²) in [4.78, 5) is 18.5. The molecule has 0 atom stereocenters. The summed E-state index contributed by atoms with van der Waals surface area (Å²) in [6.45, 7) is 0. The predicted molar refractivity (Wildman–Crippen MR) is 69.4 cm³/mol. The fourth-order valence-electron chi connectivity index (χ4n) is 5.11. The molecule has 4 saturated carbocycles. The van der Waals surface area contributed by atoms with Crippen LogP contribution in [0.5, 0.6) is 0 Å². The summed E-state index contributed by atoms with van der Waals surface area (Å²) in [5, 5.41) is 8.95.